The number of carbonyl (C=O) groups is 2. The molecule has 156 valence electrons. The fourth-order valence-corrected chi connectivity index (χ4v) is 3.84. The number of rotatable bonds is 6. The quantitative estimate of drug-likeness (QED) is 0.346. The maximum atomic E-state index is 12.3. The molecule has 2 aromatic heterocycles. The first-order chi connectivity index (χ1) is 15.0. The van der Waals surface area contributed by atoms with Crippen LogP contribution in [0.2, 0.25) is 5.02 Å². The molecule has 0 aliphatic carbocycles. The fraction of sp³-hybridized carbons (Fsp3) is 0.0909. The number of halogens is 1. The normalized spacial score (nSPS) is 10.7. The third-order valence-corrected chi connectivity index (χ3v) is 5.62. The fourth-order valence-electron chi connectivity index (χ4n) is 2.90. The molecular weight excluding hydrogens is 438 g/mol. The van der Waals surface area contributed by atoms with Gasteiger partial charge < -0.3 is 10.1 Å². The topological polar surface area (TPSA) is 90.3 Å². The molecule has 0 fully saturated rings. The van der Waals surface area contributed by atoms with E-state index in [9.17, 15) is 14.4 Å². The Labute approximate surface area is 185 Å². The number of nitrogens with zero attached hydrogens (tertiary/aromatic N) is 2. The first-order valence-corrected chi connectivity index (χ1v) is 10.6. The van der Waals surface area contributed by atoms with Crippen LogP contribution in [-0.2, 0) is 11.3 Å². The van der Waals surface area contributed by atoms with Crippen molar-refractivity contribution in [2.45, 2.75) is 13.0 Å². The summed E-state index contributed by atoms with van der Waals surface area (Å²) < 4.78 is 6.70. The van der Waals surface area contributed by atoms with Crippen LogP contribution in [0.4, 0.5) is 5.69 Å². The zero-order chi connectivity index (χ0) is 21.8. The number of carbonyl (C=O) groups excluding carboxylic acids is 2. The molecule has 0 unspecified atom stereocenters. The minimum Gasteiger partial charge on any atom is -0.426 e. The molecule has 9 heteroatoms. The number of ether oxygens (including phenoxy) is 1. The number of thiophene rings is 1. The molecule has 1 amide bonds. The maximum absolute atomic E-state index is 12.3. The molecule has 0 saturated carbocycles. The molecule has 31 heavy (non-hydrogen) atoms. The molecule has 0 aliphatic rings. The number of aromatic nitrogens is 2. The number of benzene rings is 2. The number of amides is 1. The summed E-state index contributed by atoms with van der Waals surface area (Å²) in [7, 11) is 0. The number of fused-ring (bicyclic) bond motifs is 1. The van der Waals surface area contributed by atoms with E-state index in [1.807, 2.05) is 0 Å². The number of hydrogen-bond acceptors (Lipinski definition) is 6. The molecule has 0 atom stereocenters. The molecule has 2 aromatic carbocycles. The van der Waals surface area contributed by atoms with Crippen LogP contribution < -0.4 is 15.6 Å². The van der Waals surface area contributed by atoms with Crippen LogP contribution in [-0.4, -0.2) is 21.4 Å². The average Bonchev–Trinajstić information content (AvgIpc) is 3.25. The van der Waals surface area contributed by atoms with E-state index in [4.69, 9.17) is 16.3 Å². The van der Waals surface area contributed by atoms with Crippen LogP contribution >= 0.6 is 22.9 Å². The summed E-state index contributed by atoms with van der Waals surface area (Å²) in [4.78, 5) is 41.7. The summed E-state index contributed by atoms with van der Waals surface area (Å²) in [6.07, 6.45) is 1.45. The molecule has 0 bridgehead atoms. The molecule has 7 nitrogen and oxygen atoms in total. The molecule has 4 aromatic rings. The van der Waals surface area contributed by atoms with Gasteiger partial charge in [-0.15, -0.1) is 11.3 Å². The number of aryl methyl sites for hydroxylation is 1. The van der Waals surface area contributed by atoms with Gasteiger partial charge in [0, 0.05) is 12.2 Å². The third-order valence-electron chi connectivity index (χ3n) is 4.47. The van der Waals surface area contributed by atoms with Crippen LogP contribution in [0.3, 0.4) is 0 Å². The van der Waals surface area contributed by atoms with Crippen molar-refractivity contribution in [2.24, 2.45) is 0 Å². The van der Waals surface area contributed by atoms with Gasteiger partial charge >= 0.3 is 5.97 Å². The van der Waals surface area contributed by atoms with E-state index in [1.165, 1.54) is 22.2 Å². The highest BCUT2D eigenvalue weighted by atomic mass is 35.5. The van der Waals surface area contributed by atoms with E-state index in [-0.39, 0.29) is 24.4 Å². The van der Waals surface area contributed by atoms with Gasteiger partial charge in [0.05, 0.1) is 28.7 Å². The van der Waals surface area contributed by atoms with Crippen molar-refractivity contribution in [3.05, 3.63) is 87.2 Å². The van der Waals surface area contributed by atoms with Crippen LogP contribution in [0.5, 0.6) is 5.75 Å². The maximum Gasteiger partial charge on any atom is 0.312 e. The highest BCUT2D eigenvalue weighted by molar-refractivity contribution is 7.16. The van der Waals surface area contributed by atoms with Gasteiger partial charge in [0.2, 0.25) is 0 Å². The average molecular weight is 454 g/mol. The SMILES string of the molecule is O=C(CCn1cnc2sccc2c1=O)Oc1ccc(NC(=O)c2ccccc2Cl)cc1. The smallest absolute Gasteiger partial charge is 0.312 e. The van der Waals surface area contributed by atoms with Crippen LogP contribution in [0.15, 0.2) is 71.1 Å². The predicted octanol–water partition coefficient (Wildman–Crippen LogP) is 4.36. The lowest BCUT2D eigenvalue weighted by molar-refractivity contribution is -0.134. The summed E-state index contributed by atoms with van der Waals surface area (Å²) >= 11 is 7.42. The molecule has 0 aliphatic heterocycles. The molecule has 4 rings (SSSR count). The van der Waals surface area contributed by atoms with Crippen LogP contribution in [0.1, 0.15) is 16.8 Å². The molecular formula is C22H16ClN3O4S. The lowest BCUT2D eigenvalue weighted by Crippen LogP contribution is -2.22. The second kappa shape index (κ2) is 9.11. The summed E-state index contributed by atoms with van der Waals surface area (Å²) in [6, 6.07) is 14.9. The van der Waals surface area contributed by atoms with Gasteiger partial charge in [-0.05, 0) is 47.8 Å². The Hall–Kier alpha value is -3.49. The van der Waals surface area contributed by atoms with Crippen molar-refractivity contribution < 1.29 is 14.3 Å². The van der Waals surface area contributed by atoms with E-state index in [0.717, 1.165) is 0 Å². The Kier molecular flexibility index (Phi) is 6.11. The second-order valence-electron chi connectivity index (χ2n) is 6.56. The second-order valence-corrected chi connectivity index (χ2v) is 7.87. The Morgan fingerprint density at radius 2 is 1.87 bits per heavy atom. The van der Waals surface area contributed by atoms with Crippen LogP contribution in [0, 0.1) is 0 Å². The summed E-state index contributed by atoms with van der Waals surface area (Å²) in [5.41, 5.74) is 0.717. The van der Waals surface area contributed by atoms with Crippen molar-refractivity contribution in [1.29, 1.82) is 0 Å². The van der Waals surface area contributed by atoms with Crippen molar-refractivity contribution in [2.75, 3.05) is 5.32 Å². The number of esters is 1. The van der Waals surface area contributed by atoms with Gasteiger partial charge in [-0.25, -0.2) is 4.98 Å². The Morgan fingerprint density at radius 1 is 1.10 bits per heavy atom. The summed E-state index contributed by atoms with van der Waals surface area (Å²) in [5, 5.41) is 5.44. The minimum atomic E-state index is -0.481. The lowest BCUT2D eigenvalue weighted by atomic mass is 10.2. The zero-order valence-corrected chi connectivity index (χ0v) is 17.7. The van der Waals surface area contributed by atoms with Gasteiger partial charge in [-0.2, -0.15) is 0 Å². The van der Waals surface area contributed by atoms with Crippen molar-refractivity contribution >= 4 is 50.7 Å². The van der Waals surface area contributed by atoms with E-state index in [0.29, 0.717) is 32.2 Å². The molecule has 1 N–H and O–H groups in total. The number of hydrogen-bond donors (Lipinski definition) is 1. The Morgan fingerprint density at radius 3 is 2.65 bits per heavy atom. The van der Waals surface area contributed by atoms with E-state index in [1.54, 1.807) is 60.0 Å². The molecule has 0 saturated heterocycles. The molecule has 0 radical (unpaired) electrons. The summed E-state index contributed by atoms with van der Waals surface area (Å²) in [5.74, 6) is -0.485. The van der Waals surface area contributed by atoms with Crippen molar-refractivity contribution in [3.63, 3.8) is 0 Å². The highest BCUT2D eigenvalue weighted by Gasteiger charge is 2.11. The van der Waals surface area contributed by atoms with E-state index >= 15 is 0 Å². The standard InChI is InChI=1S/C22H16ClN3O4S/c23-18-4-2-1-3-16(18)20(28)25-14-5-7-15(8-6-14)30-19(27)9-11-26-13-24-21-17(22(26)29)10-12-31-21/h1-8,10,12-13H,9,11H2,(H,25,28). The zero-order valence-electron chi connectivity index (χ0n) is 16.1. The third kappa shape index (κ3) is 4.82. The first kappa shape index (κ1) is 20.8. The number of nitrogens with one attached hydrogen (secondary N) is 1. The van der Waals surface area contributed by atoms with Crippen molar-refractivity contribution in [3.8, 4) is 5.75 Å². The monoisotopic (exact) mass is 453 g/mol. The largest absolute Gasteiger partial charge is 0.426 e. The Balaban J connectivity index is 1.33. The van der Waals surface area contributed by atoms with E-state index in [2.05, 4.69) is 10.3 Å². The highest BCUT2D eigenvalue weighted by Crippen LogP contribution is 2.20. The van der Waals surface area contributed by atoms with Gasteiger partial charge in [0.25, 0.3) is 11.5 Å². The molecule has 0 spiro atoms. The van der Waals surface area contributed by atoms with E-state index < -0.39 is 5.97 Å². The first-order valence-electron chi connectivity index (χ1n) is 9.30. The molecule has 2 heterocycles. The van der Waals surface area contributed by atoms with Crippen LogP contribution in [0.25, 0.3) is 10.2 Å². The van der Waals surface area contributed by atoms with Crippen molar-refractivity contribution in [1.82, 2.24) is 9.55 Å². The minimum absolute atomic E-state index is 0.0161. The lowest BCUT2D eigenvalue weighted by Gasteiger charge is -2.09. The summed E-state index contributed by atoms with van der Waals surface area (Å²) in [6.45, 7) is 0.169. The number of anilines is 1. The van der Waals surface area contributed by atoms with Gasteiger partial charge in [0.1, 0.15) is 10.6 Å². The van der Waals surface area contributed by atoms with Gasteiger partial charge in [0.15, 0.2) is 0 Å². The van der Waals surface area contributed by atoms with Gasteiger partial charge in [-0.3, -0.25) is 19.0 Å². The van der Waals surface area contributed by atoms with Gasteiger partial charge in [-0.1, -0.05) is 23.7 Å². The Bertz CT molecular complexity index is 1310. The predicted molar refractivity (Wildman–Crippen MR) is 120 cm³/mol.